The molecule has 1 aliphatic rings. The molecule has 0 aromatic heterocycles. The predicted octanol–water partition coefficient (Wildman–Crippen LogP) is 6.29. The average molecular weight is 562 g/mol. The summed E-state index contributed by atoms with van der Waals surface area (Å²) in [5, 5.41) is 11.2. The lowest BCUT2D eigenvalue weighted by Gasteiger charge is -2.26. The number of benzene rings is 3. The molecule has 1 heterocycles. The van der Waals surface area contributed by atoms with E-state index in [-0.39, 0.29) is 11.3 Å². The number of nitrogens with zero attached hydrogens (tertiary/aromatic N) is 1. The van der Waals surface area contributed by atoms with Crippen molar-refractivity contribution in [2.75, 3.05) is 12.0 Å². The van der Waals surface area contributed by atoms with Gasteiger partial charge in [0, 0.05) is 21.8 Å². The molecule has 0 bridgehead atoms. The number of methoxy groups -OCH3 is 1. The molecule has 6 nitrogen and oxygen atoms in total. The van der Waals surface area contributed by atoms with Gasteiger partial charge >= 0.3 is 6.36 Å². The Morgan fingerprint density at radius 1 is 1.00 bits per heavy atom. The molecular weight excluding hydrogens is 543 g/mol. The number of hydrogen-bond acceptors (Lipinski definition) is 5. The molecule has 1 atom stereocenters. The van der Waals surface area contributed by atoms with Crippen molar-refractivity contribution in [3.63, 3.8) is 0 Å². The van der Waals surface area contributed by atoms with Gasteiger partial charge in [-0.05, 0) is 54.4 Å². The minimum atomic E-state index is -4.95. The quantitative estimate of drug-likeness (QED) is 0.225. The predicted molar refractivity (Wildman–Crippen MR) is 130 cm³/mol. The Hall–Kier alpha value is -3.79. The summed E-state index contributed by atoms with van der Waals surface area (Å²) in [7, 11) is 1.44. The first-order chi connectivity index (χ1) is 17.0. The number of aliphatic hydroxyl groups is 1. The molecule has 36 heavy (non-hydrogen) atoms. The second-order valence-electron chi connectivity index (χ2n) is 7.95. The number of carbonyl (C=O) groups is 2. The van der Waals surface area contributed by atoms with Crippen molar-refractivity contribution in [1.29, 1.82) is 0 Å². The first-order valence-electron chi connectivity index (χ1n) is 10.6. The first kappa shape index (κ1) is 25.3. The van der Waals surface area contributed by atoms with Gasteiger partial charge in [-0.1, -0.05) is 40.2 Å². The van der Waals surface area contributed by atoms with Crippen molar-refractivity contribution in [3.05, 3.63) is 93.5 Å². The molecule has 0 radical (unpaired) electrons. The highest BCUT2D eigenvalue weighted by atomic mass is 79.9. The smallest absolute Gasteiger partial charge is 0.507 e. The van der Waals surface area contributed by atoms with Gasteiger partial charge in [0.25, 0.3) is 11.7 Å². The molecule has 10 heteroatoms. The number of halogens is 4. The summed E-state index contributed by atoms with van der Waals surface area (Å²) in [6.07, 6.45) is -4.95. The molecule has 3 aromatic carbocycles. The summed E-state index contributed by atoms with van der Waals surface area (Å²) >= 11 is 3.38. The highest BCUT2D eigenvalue weighted by Crippen LogP contribution is 2.44. The zero-order valence-corrected chi connectivity index (χ0v) is 20.6. The maximum Gasteiger partial charge on any atom is 0.573 e. The molecule has 4 rings (SSSR count). The lowest BCUT2D eigenvalue weighted by Crippen LogP contribution is -2.29. The van der Waals surface area contributed by atoms with Gasteiger partial charge in [-0.25, -0.2) is 0 Å². The van der Waals surface area contributed by atoms with E-state index in [2.05, 4.69) is 20.7 Å². The molecular formula is C26H19BrF3NO5. The van der Waals surface area contributed by atoms with E-state index in [1.165, 1.54) is 19.2 Å². The van der Waals surface area contributed by atoms with E-state index in [0.717, 1.165) is 27.1 Å². The van der Waals surface area contributed by atoms with Crippen LogP contribution < -0.4 is 14.4 Å². The third-order valence-corrected chi connectivity index (χ3v) is 6.50. The zero-order chi connectivity index (χ0) is 26.2. The standard InChI is InChI=1S/C26H19BrF3NO5/c1-14-11-16(9-10-20(14)27)23(32)21-22(15-5-3-7-18(12-15)35-2)31(25(34)24(21)33)17-6-4-8-19(13-17)36-26(28,29)30/h3-13,22,32H,1-2H3/b23-21+. The highest BCUT2D eigenvalue weighted by molar-refractivity contribution is 9.10. The van der Waals surface area contributed by atoms with Crippen LogP contribution >= 0.6 is 15.9 Å². The fraction of sp³-hybridized carbons (Fsp3) is 0.154. The Bertz CT molecular complexity index is 1390. The number of carbonyl (C=O) groups excluding carboxylic acids is 2. The minimum absolute atomic E-state index is 0.0160. The Morgan fingerprint density at radius 2 is 1.69 bits per heavy atom. The second-order valence-corrected chi connectivity index (χ2v) is 8.81. The van der Waals surface area contributed by atoms with E-state index in [9.17, 15) is 27.9 Å². The summed E-state index contributed by atoms with van der Waals surface area (Å²) < 4.78 is 48.5. The molecule has 0 aliphatic carbocycles. The van der Waals surface area contributed by atoms with E-state index >= 15 is 0 Å². The average Bonchev–Trinajstić information content (AvgIpc) is 3.10. The zero-order valence-electron chi connectivity index (χ0n) is 19.0. The summed E-state index contributed by atoms with van der Waals surface area (Å²) in [5.41, 5.74) is 1.26. The maximum absolute atomic E-state index is 13.2. The van der Waals surface area contributed by atoms with Crippen molar-refractivity contribution in [2.24, 2.45) is 0 Å². The lowest BCUT2D eigenvalue weighted by molar-refractivity contribution is -0.274. The van der Waals surface area contributed by atoms with Gasteiger partial charge in [0.15, 0.2) is 0 Å². The van der Waals surface area contributed by atoms with Gasteiger partial charge in [-0.2, -0.15) is 0 Å². The molecule has 1 amide bonds. The van der Waals surface area contributed by atoms with Crippen molar-refractivity contribution in [2.45, 2.75) is 19.3 Å². The van der Waals surface area contributed by atoms with Crippen LogP contribution in [0.4, 0.5) is 18.9 Å². The van der Waals surface area contributed by atoms with E-state index < -0.39 is 35.6 Å². The fourth-order valence-corrected chi connectivity index (χ4v) is 4.25. The number of alkyl halides is 3. The molecule has 186 valence electrons. The number of aliphatic hydroxyl groups excluding tert-OH is 1. The van der Waals surface area contributed by atoms with Crippen LogP contribution in [0.2, 0.25) is 0 Å². The molecule has 1 unspecified atom stereocenters. The van der Waals surface area contributed by atoms with Gasteiger partial charge in [0.05, 0.1) is 18.7 Å². The van der Waals surface area contributed by atoms with Gasteiger partial charge < -0.3 is 14.6 Å². The Kier molecular flexibility index (Phi) is 6.81. The van der Waals surface area contributed by atoms with Crippen molar-refractivity contribution >= 4 is 39.1 Å². The van der Waals surface area contributed by atoms with Crippen LogP contribution in [-0.4, -0.2) is 30.3 Å². The third-order valence-electron chi connectivity index (χ3n) is 5.61. The lowest BCUT2D eigenvalue weighted by atomic mass is 9.94. The Balaban J connectivity index is 1.93. The van der Waals surface area contributed by atoms with Crippen LogP contribution in [0.25, 0.3) is 5.76 Å². The van der Waals surface area contributed by atoms with Gasteiger partial charge in [-0.15, -0.1) is 13.2 Å². The van der Waals surface area contributed by atoms with Gasteiger partial charge in [0.1, 0.15) is 17.3 Å². The largest absolute Gasteiger partial charge is 0.573 e. The number of ether oxygens (including phenoxy) is 2. The molecule has 1 fully saturated rings. The number of rotatable bonds is 5. The van der Waals surface area contributed by atoms with Crippen LogP contribution in [0.5, 0.6) is 11.5 Å². The second kappa shape index (κ2) is 9.69. The van der Waals surface area contributed by atoms with E-state index in [0.29, 0.717) is 16.9 Å². The summed E-state index contributed by atoms with van der Waals surface area (Å²) in [4.78, 5) is 27.5. The van der Waals surface area contributed by atoms with Crippen LogP contribution in [-0.2, 0) is 9.59 Å². The number of anilines is 1. The van der Waals surface area contributed by atoms with Crippen LogP contribution in [0, 0.1) is 6.92 Å². The number of amides is 1. The molecule has 1 N–H and O–H groups in total. The molecule has 3 aromatic rings. The van der Waals surface area contributed by atoms with E-state index in [4.69, 9.17) is 4.74 Å². The summed E-state index contributed by atoms with van der Waals surface area (Å²) in [6.45, 7) is 1.80. The maximum atomic E-state index is 13.2. The van der Waals surface area contributed by atoms with Crippen molar-refractivity contribution < 1.29 is 37.3 Å². The molecule has 1 saturated heterocycles. The molecule has 1 aliphatic heterocycles. The number of Topliss-reactive ketones (excluding diaryl/α,β-unsaturated/α-hetero) is 1. The Labute approximate surface area is 212 Å². The van der Waals surface area contributed by atoms with Crippen molar-refractivity contribution in [3.8, 4) is 11.5 Å². The fourth-order valence-electron chi connectivity index (χ4n) is 4.00. The van der Waals surface area contributed by atoms with Crippen LogP contribution in [0.1, 0.15) is 22.7 Å². The number of ketones is 1. The topological polar surface area (TPSA) is 76.1 Å². The summed E-state index contributed by atoms with van der Waals surface area (Å²) in [6, 6.07) is 15.0. The van der Waals surface area contributed by atoms with E-state index in [1.54, 1.807) is 49.4 Å². The Morgan fingerprint density at radius 3 is 2.36 bits per heavy atom. The van der Waals surface area contributed by atoms with Crippen molar-refractivity contribution in [1.82, 2.24) is 0 Å². The minimum Gasteiger partial charge on any atom is -0.507 e. The van der Waals surface area contributed by atoms with E-state index in [1.807, 2.05) is 0 Å². The normalized spacial score (nSPS) is 17.4. The van der Waals surface area contributed by atoms with Gasteiger partial charge in [-0.3, -0.25) is 14.5 Å². The monoisotopic (exact) mass is 561 g/mol. The number of aryl methyl sites for hydroxylation is 1. The van der Waals surface area contributed by atoms with Crippen LogP contribution in [0.3, 0.4) is 0 Å². The van der Waals surface area contributed by atoms with Crippen LogP contribution in [0.15, 0.2) is 76.8 Å². The number of hydrogen-bond donors (Lipinski definition) is 1. The summed E-state index contributed by atoms with van der Waals surface area (Å²) in [5.74, 6) is -2.55. The first-order valence-corrected chi connectivity index (χ1v) is 11.4. The SMILES string of the molecule is COc1cccc(C2/C(=C(\O)c3ccc(Br)c(C)c3)C(=O)C(=O)N2c2cccc(OC(F)(F)F)c2)c1. The molecule has 0 saturated carbocycles. The highest BCUT2D eigenvalue weighted by Gasteiger charge is 2.47. The third kappa shape index (κ3) is 4.94. The molecule has 0 spiro atoms. The van der Waals surface area contributed by atoms with Gasteiger partial charge in [0.2, 0.25) is 0 Å².